The summed E-state index contributed by atoms with van der Waals surface area (Å²) in [6.45, 7) is 5.39. The second-order valence-electron chi connectivity index (χ2n) is 5.14. The van der Waals surface area contributed by atoms with Gasteiger partial charge in [-0.25, -0.2) is 0 Å². The van der Waals surface area contributed by atoms with Crippen molar-refractivity contribution in [1.29, 1.82) is 0 Å². The molecule has 1 heterocycles. The summed E-state index contributed by atoms with van der Waals surface area (Å²) in [5, 5.41) is 6.56. The van der Waals surface area contributed by atoms with E-state index in [-0.39, 0.29) is 24.4 Å². The van der Waals surface area contributed by atoms with Crippen molar-refractivity contribution in [3.05, 3.63) is 23.2 Å². The highest BCUT2D eigenvalue weighted by atomic mass is 35.5. The van der Waals surface area contributed by atoms with E-state index in [1.54, 1.807) is 18.2 Å². The largest absolute Gasteiger partial charge is 0.487 e. The molecule has 1 atom stereocenters. The van der Waals surface area contributed by atoms with Crippen LogP contribution in [-0.2, 0) is 14.3 Å². The molecule has 0 radical (unpaired) electrons. The maximum absolute atomic E-state index is 12.2. The van der Waals surface area contributed by atoms with Gasteiger partial charge in [-0.3, -0.25) is 4.79 Å². The average Bonchev–Trinajstić information content (AvgIpc) is 2.54. The molecule has 2 rings (SSSR count). The molecule has 1 aromatic carbocycles. The molecule has 1 saturated heterocycles. The van der Waals surface area contributed by atoms with Crippen LogP contribution < -0.4 is 15.4 Å². The highest BCUT2D eigenvalue weighted by Gasteiger charge is 2.18. The average molecular weight is 379 g/mol. The SMILES string of the molecule is CCOCCOc1c(Cl)cccc1NC(=O)CC1COCCN1.Cl. The number of para-hydroxylation sites is 1. The molecule has 2 N–H and O–H groups in total. The fourth-order valence-electron chi connectivity index (χ4n) is 2.28. The number of hydrogen-bond donors (Lipinski definition) is 2. The fraction of sp³-hybridized carbons (Fsp3) is 0.562. The number of hydrogen-bond acceptors (Lipinski definition) is 5. The van der Waals surface area contributed by atoms with Gasteiger partial charge < -0.3 is 24.8 Å². The fourth-order valence-corrected chi connectivity index (χ4v) is 2.51. The topological polar surface area (TPSA) is 68.8 Å². The van der Waals surface area contributed by atoms with E-state index >= 15 is 0 Å². The molecule has 0 spiro atoms. The van der Waals surface area contributed by atoms with Gasteiger partial charge in [0.2, 0.25) is 5.91 Å². The van der Waals surface area contributed by atoms with Crippen LogP contribution in [0.4, 0.5) is 5.69 Å². The van der Waals surface area contributed by atoms with Crippen LogP contribution in [0.5, 0.6) is 5.75 Å². The van der Waals surface area contributed by atoms with Crippen LogP contribution in [0.1, 0.15) is 13.3 Å². The molecule has 1 aliphatic rings. The number of anilines is 1. The maximum Gasteiger partial charge on any atom is 0.226 e. The normalized spacial score (nSPS) is 17.0. The third-order valence-electron chi connectivity index (χ3n) is 3.35. The van der Waals surface area contributed by atoms with E-state index in [4.69, 9.17) is 25.8 Å². The van der Waals surface area contributed by atoms with Crippen molar-refractivity contribution in [1.82, 2.24) is 5.32 Å². The van der Waals surface area contributed by atoms with Gasteiger partial charge in [0.05, 0.1) is 30.5 Å². The van der Waals surface area contributed by atoms with Crippen LogP contribution in [-0.4, -0.2) is 51.5 Å². The minimum absolute atomic E-state index is 0. The summed E-state index contributed by atoms with van der Waals surface area (Å²) in [6.07, 6.45) is 0.338. The zero-order valence-corrected chi connectivity index (χ0v) is 15.3. The van der Waals surface area contributed by atoms with Crippen LogP contribution in [0, 0.1) is 0 Å². The lowest BCUT2D eigenvalue weighted by Crippen LogP contribution is -2.43. The minimum atomic E-state index is -0.107. The number of nitrogens with one attached hydrogen (secondary N) is 2. The van der Waals surface area contributed by atoms with Crippen LogP contribution in [0.25, 0.3) is 0 Å². The minimum Gasteiger partial charge on any atom is -0.487 e. The number of rotatable bonds is 8. The lowest BCUT2D eigenvalue weighted by Gasteiger charge is -2.23. The van der Waals surface area contributed by atoms with Gasteiger partial charge in [0, 0.05) is 25.6 Å². The summed E-state index contributed by atoms with van der Waals surface area (Å²) in [5.74, 6) is 0.361. The van der Waals surface area contributed by atoms with Crippen LogP contribution in [0.3, 0.4) is 0 Å². The molecule has 1 aliphatic heterocycles. The first-order chi connectivity index (χ1) is 11.2. The van der Waals surface area contributed by atoms with Crippen molar-refractivity contribution in [3.8, 4) is 5.75 Å². The van der Waals surface area contributed by atoms with Gasteiger partial charge in [-0.05, 0) is 19.1 Å². The zero-order chi connectivity index (χ0) is 16.5. The Morgan fingerprint density at radius 1 is 1.46 bits per heavy atom. The highest BCUT2D eigenvalue weighted by Crippen LogP contribution is 2.33. The van der Waals surface area contributed by atoms with Gasteiger partial charge in [-0.15, -0.1) is 12.4 Å². The number of amides is 1. The first-order valence-electron chi connectivity index (χ1n) is 7.80. The van der Waals surface area contributed by atoms with E-state index in [0.29, 0.717) is 55.9 Å². The van der Waals surface area contributed by atoms with E-state index in [1.165, 1.54) is 0 Å². The Hall–Kier alpha value is -1.05. The number of ether oxygens (including phenoxy) is 3. The predicted molar refractivity (Wildman–Crippen MR) is 96.5 cm³/mol. The Morgan fingerprint density at radius 2 is 2.29 bits per heavy atom. The third-order valence-corrected chi connectivity index (χ3v) is 3.65. The molecular formula is C16H24Cl2N2O4. The first kappa shape index (κ1) is 21.0. The van der Waals surface area contributed by atoms with E-state index in [1.807, 2.05) is 6.92 Å². The molecule has 0 aromatic heterocycles. The Labute approximate surface area is 153 Å². The number of morpholine rings is 1. The highest BCUT2D eigenvalue weighted by molar-refractivity contribution is 6.32. The van der Waals surface area contributed by atoms with E-state index in [0.717, 1.165) is 6.54 Å². The Bertz CT molecular complexity index is 511. The number of carbonyl (C=O) groups is 1. The van der Waals surface area contributed by atoms with Crippen molar-refractivity contribution in [2.24, 2.45) is 0 Å². The quantitative estimate of drug-likeness (QED) is 0.680. The Morgan fingerprint density at radius 3 is 3.00 bits per heavy atom. The van der Waals surface area contributed by atoms with E-state index in [9.17, 15) is 4.79 Å². The standard InChI is InChI=1S/C16H23ClN2O4.ClH/c1-2-21-8-9-23-16-13(17)4-3-5-14(16)19-15(20)10-12-11-22-7-6-18-12;/h3-5,12,18H,2,6-11H2,1H3,(H,19,20);1H. The Balaban J connectivity index is 0.00000288. The molecule has 1 unspecified atom stereocenters. The van der Waals surface area contributed by atoms with Crippen LogP contribution >= 0.6 is 24.0 Å². The van der Waals surface area contributed by atoms with Gasteiger partial charge in [0.15, 0.2) is 5.75 Å². The van der Waals surface area contributed by atoms with Crippen LogP contribution in [0.15, 0.2) is 18.2 Å². The predicted octanol–water partition coefficient (Wildman–Crippen LogP) is 2.49. The second kappa shape index (κ2) is 11.5. The molecular weight excluding hydrogens is 355 g/mol. The smallest absolute Gasteiger partial charge is 0.226 e. The van der Waals surface area contributed by atoms with Crippen molar-refractivity contribution in [3.63, 3.8) is 0 Å². The van der Waals surface area contributed by atoms with Crippen LogP contribution in [0.2, 0.25) is 5.02 Å². The molecule has 0 bridgehead atoms. The van der Waals surface area contributed by atoms with Gasteiger partial charge in [0.25, 0.3) is 0 Å². The Kier molecular flexibility index (Phi) is 10.1. The van der Waals surface area contributed by atoms with Gasteiger partial charge in [0.1, 0.15) is 6.61 Å². The molecule has 6 nitrogen and oxygen atoms in total. The van der Waals surface area contributed by atoms with Gasteiger partial charge >= 0.3 is 0 Å². The number of halogens is 2. The summed E-state index contributed by atoms with van der Waals surface area (Å²) in [5.41, 5.74) is 0.565. The summed E-state index contributed by atoms with van der Waals surface area (Å²) < 4.78 is 16.2. The number of carbonyl (C=O) groups excluding carboxylic acids is 1. The van der Waals surface area contributed by atoms with Crippen molar-refractivity contribution >= 4 is 35.6 Å². The lowest BCUT2D eigenvalue weighted by atomic mass is 10.2. The monoisotopic (exact) mass is 378 g/mol. The molecule has 1 amide bonds. The summed E-state index contributed by atoms with van der Waals surface area (Å²) >= 11 is 6.17. The zero-order valence-electron chi connectivity index (χ0n) is 13.7. The molecule has 0 saturated carbocycles. The van der Waals surface area contributed by atoms with Gasteiger partial charge in [-0.1, -0.05) is 17.7 Å². The first-order valence-corrected chi connectivity index (χ1v) is 8.18. The third kappa shape index (κ3) is 6.83. The molecule has 1 fully saturated rings. The van der Waals surface area contributed by atoms with E-state index < -0.39 is 0 Å². The van der Waals surface area contributed by atoms with Gasteiger partial charge in [-0.2, -0.15) is 0 Å². The van der Waals surface area contributed by atoms with Crippen molar-refractivity contribution < 1.29 is 19.0 Å². The van der Waals surface area contributed by atoms with E-state index in [2.05, 4.69) is 10.6 Å². The van der Waals surface area contributed by atoms with Crippen molar-refractivity contribution in [2.75, 3.05) is 44.9 Å². The molecule has 1 aromatic rings. The molecule has 8 heteroatoms. The van der Waals surface area contributed by atoms with Crippen molar-refractivity contribution in [2.45, 2.75) is 19.4 Å². The molecule has 136 valence electrons. The molecule has 0 aliphatic carbocycles. The summed E-state index contributed by atoms with van der Waals surface area (Å²) in [6, 6.07) is 5.30. The maximum atomic E-state index is 12.2. The second-order valence-corrected chi connectivity index (χ2v) is 5.55. The molecule has 24 heavy (non-hydrogen) atoms. The lowest BCUT2D eigenvalue weighted by molar-refractivity contribution is -0.117. The summed E-state index contributed by atoms with van der Waals surface area (Å²) in [4.78, 5) is 12.2. The summed E-state index contributed by atoms with van der Waals surface area (Å²) in [7, 11) is 0. The number of benzene rings is 1.